The van der Waals surface area contributed by atoms with Gasteiger partial charge < -0.3 is 14.2 Å². The van der Waals surface area contributed by atoms with Gasteiger partial charge in [0.1, 0.15) is 6.10 Å². The summed E-state index contributed by atoms with van der Waals surface area (Å²) in [6.07, 6.45) is 3.11. The zero-order valence-electron chi connectivity index (χ0n) is 12.8. The van der Waals surface area contributed by atoms with Gasteiger partial charge in [0.25, 0.3) is 0 Å². The molecule has 1 saturated carbocycles. The first kappa shape index (κ1) is 16.1. The molecule has 0 radical (unpaired) electrons. The third kappa shape index (κ3) is 3.89. The van der Waals surface area contributed by atoms with Crippen LogP contribution in [-0.4, -0.2) is 36.7 Å². The predicted molar refractivity (Wildman–Crippen MR) is 79.4 cm³/mol. The van der Waals surface area contributed by atoms with Crippen molar-refractivity contribution in [1.82, 2.24) is 0 Å². The summed E-state index contributed by atoms with van der Waals surface area (Å²) in [6, 6.07) is 0. The van der Waals surface area contributed by atoms with Gasteiger partial charge in [0.15, 0.2) is 6.29 Å². The molecule has 1 heterocycles. The first-order valence-corrected chi connectivity index (χ1v) is 8.56. The lowest BCUT2D eigenvalue weighted by Gasteiger charge is -2.37. The number of carbonyl (C=O) groups is 1. The molecule has 1 aliphatic heterocycles. The zero-order valence-corrected chi connectivity index (χ0v) is 13.7. The van der Waals surface area contributed by atoms with Crippen LogP contribution >= 0.6 is 11.8 Å². The fourth-order valence-corrected chi connectivity index (χ4v) is 4.03. The third-order valence-corrected chi connectivity index (χ3v) is 5.41. The molecular formula is C15H26O4S. The van der Waals surface area contributed by atoms with Gasteiger partial charge >= 0.3 is 5.97 Å². The first-order valence-electron chi connectivity index (χ1n) is 7.51. The molecule has 1 aliphatic carbocycles. The Morgan fingerprint density at radius 2 is 2.10 bits per heavy atom. The van der Waals surface area contributed by atoms with E-state index in [1.807, 2.05) is 0 Å². The predicted octanol–water partition coefficient (Wildman–Crippen LogP) is 3.05. The normalized spacial score (nSPS) is 38.1. The molecule has 5 heteroatoms. The van der Waals surface area contributed by atoms with Gasteiger partial charge in [-0.2, -0.15) is 0 Å². The van der Waals surface area contributed by atoms with Crippen molar-refractivity contribution in [2.45, 2.75) is 57.9 Å². The van der Waals surface area contributed by atoms with Gasteiger partial charge in [-0.25, -0.2) is 4.79 Å². The van der Waals surface area contributed by atoms with Gasteiger partial charge in [0.05, 0.1) is 0 Å². The standard InChI is InChI=1S/C15H26O4S/c1-9(2)11-6-5-10(3)7-12(11)18-14(16)15-19-13(17-4)8-20-15/h9-13,15H,5-8H2,1-4H3. The number of ether oxygens (including phenoxy) is 3. The van der Waals surface area contributed by atoms with Gasteiger partial charge in [0, 0.05) is 12.9 Å². The highest BCUT2D eigenvalue weighted by Crippen LogP contribution is 2.36. The molecule has 0 aromatic carbocycles. The SMILES string of the molecule is COC1CSC(C(=O)OC2CC(C)CCC2C(C)C)O1. The van der Waals surface area contributed by atoms with Crippen LogP contribution in [0.25, 0.3) is 0 Å². The van der Waals surface area contributed by atoms with Gasteiger partial charge in [-0.3, -0.25) is 0 Å². The summed E-state index contributed by atoms with van der Waals surface area (Å²) in [7, 11) is 1.59. The Labute approximate surface area is 125 Å². The van der Waals surface area contributed by atoms with E-state index in [9.17, 15) is 4.79 Å². The summed E-state index contributed by atoms with van der Waals surface area (Å²) in [4.78, 5) is 12.2. The molecule has 0 aromatic rings. The van der Waals surface area contributed by atoms with E-state index in [2.05, 4.69) is 20.8 Å². The lowest BCUT2D eigenvalue weighted by molar-refractivity contribution is -0.174. The smallest absolute Gasteiger partial charge is 0.346 e. The van der Waals surface area contributed by atoms with Crippen molar-refractivity contribution >= 4 is 17.7 Å². The summed E-state index contributed by atoms with van der Waals surface area (Å²) >= 11 is 1.46. The number of rotatable bonds is 4. The van der Waals surface area contributed by atoms with Crippen LogP contribution in [0.1, 0.15) is 40.0 Å². The molecule has 0 aromatic heterocycles. The average Bonchev–Trinajstić information content (AvgIpc) is 2.87. The van der Waals surface area contributed by atoms with Crippen LogP contribution in [0.4, 0.5) is 0 Å². The second kappa shape index (κ2) is 7.14. The van der Waals surface area contributed by atoms with Crippen LogP contribution < -0.4 is 0 Å². The number of methoxy groups -OCH3 is 1. The monoisotopic (exact) mass is 302 g/mol. The van der Waals surface area contributed by atoms with E-state index in [1.54, 1.807) is 7.11 Å². The lowest BCUT2D eigenvalue weighted by atomic mass is 9.75. The van der Waals surface area contributed by atoms with Crippen LogP contribution in [0.15, 0.2) is 0 Å². The highest BCUT2D eigenvalue weighted by molar-refractivity contribution is 8.00. The molecule has 0 amide bonds. The van der Waals surface area contributed by atoms with Crippen LogP contribution in [0, 0.1) is 17.8 Å². The summed E-state index contributed by atoms with van der Waals surface area (Å²) in [5.41, 5.74) is -0.523. The van der Waals surface area contributed by atoms with Crippen molar-refractivity contribution < 1.29 is 19.0 Å². The van der Waals surface area contributed by atoms with E-state index in [0.29, 0.717) is 23.5 Å². The van der Waals surface area contributed by atoms with E-state index in [-0.39, 0.29) is 18.4 Å². The number of esters is 1. The van der Waals surface area contributed by atoms with Crippen molar-refractivity contribution in [1.29, 1.82) is 0 Å². The minimum Gasteiger partial charge on any atom is -0.459 e. The quantitative estimate of drug-likeness (QED) is 0.747. The van der Waals surface area contributed by atoms with Crippen molar-refractivity contribution in [2.24, 2.45) is 17.8 Å². The molecule has 1 saturated heterocycles. The first-order chi connectivity index (χ1) is 9.51. The summed E-state index contributed by atoms with van der Waals surface area (Å²) in [6.45, 7) is 6.66. The molecule has 0 spiro atoms. The third-order valence-electron chi connectivity index (χ3n) is 4.34. The Morgan fingerprint density at radius 1 is 1.35 bits per heavy atom. The molecule has 4 nitrogen and oxygen atoms in total. The van der Waals surface area contributed by atoms with Crippen molar-refractivity contribution in [3.8, 4) is 0 Å². The Hall–Kier alpha value is -0.260. The Kier molecular flexibility index (Phi) is 5.75. The second-order valence-corrected chi connectivity index (χ2v) is 7.36. The summed E-state index contributed by atoms with van der Waals surface area (Å²) in [5, 5.41) is 0. The highest BCUT2D eigenvalue weighted by atomic mass is 32.2. The maximum Gasteiger partial charge on any atom is 0.346 e. The minimum atomic E-state index is -0.523. The fraction of sp³-hybridized carbons (Fsp3) is 0.933. The average molecular weight is 302 g/mol. The molecular weight excluding hydrogens is 276 g/mol. The van der Waals surface area contributed by atoms with Gasteiger partial charge in [-0.1, -0.05) is 27.2 Å². The Bertz CT molecular complexity index is 334. The molecule has 0 bridgehead atoms. The van der Waals surface area contributed by atoms with E-state index in [4.69, 9.17) is 14.2 Å². The van der Waals surface area contributed by atoms with Crippen LogP contribution in [0.3, 0.4) is 0 Å². The highest BCUT2D eigenvalue weighted by Gasteiger charge is 2.38. The minimum absolute atomic E-state index is 0.0389. The molecule has 2 aliphatic rings. The molecule has 2 fully saturated rings. The number of thioether (sulfide) groups is 1. The van der Waals surface area contributed by atoms with Crippen LogP contribution in [0.5, 0.6) is 0 Å². The van der Waals surface area contributed by atoms with Crippen LogP contribution in [0.2, 0.25) is 0 Å². The maximum atomic E-state index is 12.2. The topological polar surface area (TPSA) is 44.8 Å². The molecule has 116 valence electrons. The number of carbonyl (C=O) groups excluding carboxylic acids is 1. The largest absolute Gasteiger partial charge is 0.459 e. The second-order valence-electron chi connectivity index (χ2n) is 6.27. The van der Waals surface area contributed by atoms with Crippen molar-refractivity contribution in [2.75, 3.05) is 12.9 Å². The van der Waals surface area contributed by atoms with Gasteiger partial charge in [-0.15, -0.1) is 11.8 Å². The number of hydrogen-bond donors (Lipinski definition) is 0. The van der Waals surface area contributed by atoms with E-state index in [0.717, 1.165) is 12.8 Å². The molecule has 5 unspecified atom stereocenters. The van der Waals surface area contributed by atoms with Crippen molar-refractivity contribution in [3.05, 3.63) is 0 Å². The Balaban J connectivity index is 1.91. The summed E-state index contributed by atoms with van der Waals surface area (Å²) < 4.78 is 16.4. The van der Waals surface area contributed by atoms with Gasteiger partial charge in [-0.05, 0) is 30.6 Å². The van der Waals surface area contributed by atoms with E-state index < -0.39 is 5.44 Å². The Morgan fingerprint density at radius 3 is 2.70 bits per heavy atom. The van der Waals surface area contributed by atoms with Crippen molar-refractivity contribution in [3.63, 3.8) is 0 Å². The summed E-state index contributed by atoms with van der Waals surface area (Å²) in [5.74, 6) is 2.10. The fourth-order valence-electron chi connectivity index (χ4n) is 3.08. The molecule has 20 heavy (non-hydrogen) atoms. The molecule has 2 rings (SSSR count). The number of hydrogen-bond acceptors (Lipinski definition) is 5. The molecule has 0 N–H and O–H groups in total. The molecule has 5 atom stereocenters. The zero-order chi connectivity index (χ0) is 14.7. The maximum absolute atomic E-state index is 12.2. The van der Waals surface area contributed by atoms with Gasteiger partial charge in [0.2, 0.25) is 5.44 Å². The van der Waals surface area contributed by atoms with Crippen LogP contribution in [-0.2, 0) is 19.0 Å². The van der Waals surface area contributed by atoms with E-state index >= 15 is 0 Å². The van der Waals surface area contributed by atoms with E-state index in [1.165, 1.54) is 18.2 Å². The lowest BCUT2D eigenvalue weighted by Crippen LogP contribution is -2.38.